The van der Waals surface area contributed by atoms with Gasteiger partial charge in [0.25, 0.3) is 0 Å². The molecule has 0 saturated heterocycles. The third-order valence-electron chi connectivity index (χ3n) is 3.02. The number of benzene rings is 1. The van der Waals surface area contributed by atoms with Crippen LogP contribution in [0.3, 0.4) is 0 Å². The van der Waals surface area contributed by atoms with Gasteiger partial charge in [0.15, 0.2) is 5.78 Å². The normalized spacial score (nSPS) is 10.3. The SMILES string of the molecule is CCOC(=O)CCCCC(=O)c1ccc(C)cc1C. The second-order valence-electron chi connectivity index (χ2n) is 4.75. The minimum atomic E-state index is -0.179. The van der Waals surface area contributed by atoms with Gasteiger partial charge in [-0.15, -0.1) is 0 Å². The maximum Gasteiger partial charge on any atom is 0.305 e. The zero-order chi connectivity index (χ0) is 14.3. The van der Waals surface area contributed by atoms with Gasteiger partial charge in [-0.1, -0.05) is 23.8 Å². The molecule has 0 atom stereocenters. The molecule has 0 spiro atoms. The summed E-state index contributed by atoms with van der Waals surface area (Å²) in [5, 5.41) is 0. The molecule has 0 aromatic heterocycles. The van der Waals surface area contributed by atoms with E-state index in [1.54, 1.807) is 6.92 Å². The van der Waals surface area contributed by atoms with Crippen molar-refractivity contribution >= 4 is 11.8 Å². The Bertz CT molecular complexity index is 449. The number of esters is 1. The van der Waals surface area contributed by atoms with Crippen LogP contribution in [0.25, 0.3) is 0 Å². The van der Waals surface area contributed by atoms with Gasteiger partial charge >= 0.3 is 5.97 Å². The van der Waals surface area contributed by atoms with Crippen molar-refractivity contribution in [1.29, 1.82) is 0 Å². The van der Waals surface area contributed by atoms with E-state index in [4.69, 9.17) is 4.74 Å². The molecule has 0 unspecified atom stereocenters. The lowest BCUT2D eigenvalue weighted by atomic mass is 9.99. The van der Waals surface area contributed by atoms with Crippen LogP contribution < -0.4 is 0 Å². The summed E-state index contributed by atoms with van der Waals surface area (Å²) < 4.78 is 4.84. The largest absolute Gasteiger partial charge is 0.466 e. The van der Waals surface area contributed by atoms with Gasteiger partial charge < -0.3 is 4.74 Å². The van der Waals surface area contributed by atoms with Crippen molar-refractivity contribution in [2.75, 3.05) is 6.61 Å². The van der Waals surface area contributed by atoms with E-state index in [1.807, 2.05) is 32.0 Å². The topological polar surface area (TPSA) is 43.4 Å². The maximum absolute atomic E-state index is 12.0. The molecule has 0 saturated carbocycles. The highest BCUT2D eigenvalue weighted by atomic mass is 16.5. The van der Waals surface area contributed by atoms with Crippen LogP contribution in [0.2, 0.25) is 0 Å². The number of aryl methyl sites for hydroxylation is 2. The molecule has 1 aromatic carbocycles. The van der Waals surface area contributed by atoms with E-state index < -0.39 is 0 Å². The highest BCUT2D eigenvalue weighted by Gasteiger charge is 2.09. The van der Waals surface area contributed by atoms with Crippen LogP contribution in [0.1, 0.15) is 54.1 Å². The fourth-order valence-electron chi connectivity index (χ4n) is 2.05. The van der Waals surface area contributed by atoms with E-state index in [0.29, 0.717) is 25.9 Å². The molecule has 0 aliphatic rings. The summed E-state index contributed by atoms with van der Waals surface area (Å²) in [6.45, 7) is 6.18. The molecular weight excluding hydrogens is 240 g/mol. The lowest BCUT2D eigenvalue weighted by Crippen LogP contribution is -2.05. The van der Waals surface area contributed by atoms with Gasteiger partial charge in [-0.3, -0.25) is 9.59 Å². The number of carbonyl (C=O) groups is 2. The average Bonchev–Trinajstić information content (AvgIpc) is 2.34. The molecule has 0 bridgehead atoms. The fraction of sp³-hybridized carbons (Fsp3) is 0.500. The van der Waals surface area contributed by atoms with Crippen LogP contribution in [0.15, 0.2) is 18.2 Å². The number of carbonyl (C=O) groups excluding carboxylic acids is 2. The zero-order valence-corrected chi connectivity index (χ0v) is 12.0. The Morgan fingerprint density at radius 2 is 1.79 bits per heavy atom. The Morgan fingerprint density at radius 1 is 1.11 bits per heavy atom. The standard InChI is InChI=1S/C16H22O3/c1-4-19-16(18)8-6-5-7-15(17)14-10-9-12(2)11-13(14)3/h9-11H,4-8H2,1-3H3. The number of rotatable bonds is 7. The monoisotopic (exact) mass is 262 g/mol. The second kappa shape index (κ2) is 7.72. The van der Waals surface area contributed by atoms with Gasteiger partial charge in [0.1, 0.15) is 0 Å². The number of Topliss-reactive ketones (excluding diaryl/α,β-unsaturated/α-hetero) is 1. The molecule has 3 nitrogen and oxygen atoms in total. The highest BCUT2D eigenvalue weighted by molar-refractivity contribution is 5.97. The van der Waals surface area contributed by atoms with E-state index in [9.17, 15) is 9.59 Å². The van der Waals surface area contributed by atoms with Crippen LogP contribution in [-0.4, -0.2) is 18.4 Å². The van der Waals surface area contributed by atoms with E-state index in [0.717, 1.165) is 23.1 Å². The fourth-order valence-corrected chi connectivity index (χ4v) is 2.05. The Hall–Kier alpha value is -1.64. The Balaban J connectivity index is 2.37. The molecule has 0 fully saturated rings. The first-order valence-corrected chi connectivity index (χ1v) is 6.80. The summed E-state index contributed by atoms with van der Waals surface area (Å²) in [5.74, 6) is -0.0252. The molecule has 0 amide bonds. The minimum absolute atomic E-state index is 0.154. The van der Waals surface area contributed by atoms with Gasteiger partial charge in [0.05, 0.1) is 6.61 Å². The highest BCUT2D eigenvalue weighted by Crippen LogP contribution is 2.14. The summed E-state index contributed by atoms with van der Waals surface area (Å²) in [6, 6.07) is 5.86. The van der Waals surface area contributed by atoms with E-state index in [2.05, 4.69) is 0 Å². The summed E-state index contributed by atoms with van der Waals surface area (Å²) in [7, 11) is 0. The van der Waals surface area contributed by atoms with Crippen molar-refractivity contribution < 1.29 is 14.3 Å². The van der Waals surface area contributed by atoms with Crippen LogP contribution in [0.5, 0.6) is 0 Å². The molecule has 104 valence electrons. The third kappa shape index (κ3) is 5.25. The lowest BCUT2D eigenvalue weighted by molar-refractivity contribution is -0.143. The molecule has 0 heterocycles. The summed E-state index contributed by atoms with van der Waals surface area (Å²) in [6.07, 6.45) is 2.32. The number of unbranched alkanes of at least 4 members (excludes halogenated alkanes) is 1. The first-order chi connectivity index (χ1) is 9.04. The number of hydrogen-bond acceptors (Lipinski definition) is 3. The predicted molar refractivity (Wildman–Crippen MR) is 75.3 cm³/mol. The van der Waals surface area contributed by atoms with Crippen molar-refractivity contribution in [3.05, 3.63) is 34.9 Å². The van der Waals surface area contributed by atoms with Crippen LogP contribution in [-0.2, 0) is 9.53 Å². The van der Waals surface area contributed by atoms with Gasteiger partial charge in [-0.25, -0.2) is 0 Å². The van der Waals surface area contributed by atoms with Crippen LogP contribution in [0.4, 0.5) is 0 Å². The van der Waals surface area contributed by atoms with Gasteiger partial charge in [-0.2, -0.15) is 0 Å². The summed E-state index contributed by atoms with van der Waals surface area (Å²) in [5.41, 5.74) is 2.98. The summed E-state index contributed by atoms with van der Waals surface area (Å²) in [4.78, 5) is 23.2. The first kappa shape index (κ1) is 15.4. The van der Waals surface area contributed by atoms with E-state index in [-0.39, 0.29) is 11.8 Å². The first-order valence-electron chi connectivity index (χ1n) is 6.80. The van der Waals surface area contributed by atoms with Crippen molar-refractivity contribution in [3.8, 4) is 0 Å². The van der Waals surface area contributed by atoms with Crippen LogP contribution >= 0.6 is 0 Å². The molecule has 3 heteroatoms. The van der Waals surface area contributed by atoms with Crippen LogP contribution in [0, 0.1) is 13.8 Å². The Morgan fingerprint density at radius 3 is 2.42 bits per heavy atom. The smallest absolute Gasteiger partial charge is 0.305 e. The minimum Gasteiger partial charge on any atom is -0.466 e. The molecule has 0 aliphatic heterocycles. The Labute approximate surface area is 115 Å². The van der Waals surface area contributed by atoms with E-state index in [1.165, 1.54) is 0 Å². The van der Waals surface area contributed by atoms with E-state index >= 15 is 0 Å². The van der Waals surface area contributed by atoms with Crippen molar-refractivity contribution in [2.45, 2.75) is 46.5 Å². The van der Waals surface area contributed by atoms with Gasteiger partial charge in [-0.05, 0) is 39.2 Å². The molecule has 0 N–H and O–H groups in total. The Kier molecular flexibility index (Phi) is 6.26. The van der Waals surface area contributed by atoms with Gasteiger partial charge in [0, 0.05) is 18.4 Å². The maximum atomic E-state index is 12.0. The predicted octanol–water partition coefficient (Wildman–Crippen LogP) is 3.61. The molecule has 19 heavy (non-hydrogen) atoms. The summed E-state index contributed by atoms with van der Waals surface area (Å²) >= 11 is 0. The number of ether oxygens (including phenoxy) is 1. The average molecular weight is 262 g/mol. The third-order valence-corrected chi connectivity index (χ3v) is 3.02. The van der Waals surface area contributed by atoms with Crippen molar-refractivity contribution in [1.82, 2.24) is 0 Å². The molecule has 0 aliphatic carbocycles. The number of hydrogen-bond donors (Lipinski definition) is 0. The van der Waals surface area contributed by atoms with Crippen molar-refractivity contribution in [2.24, 2.45) is 0 Å². The molecule has 0 radical (unpaired) electrons. The molecule has 1 rings (SSSR count). The quantitative estimate of drug-likeness (QED) is 0.428. The second-order valence-corrected chi connectivity index (χ2v) is 4.75. The lowest BCUT2D eigenvalue weighted by Gasteiger charge is -2.06. The molecular formula is C16H22O3. The number of ketones is 1. The van der Waals surface area contributed by atoms with Crippen molar-refractivity contribution in [3.63, 3.8) is 0 Å². The zero-order valence-electron chi connectivity index (χ0n) is 12.0. The van der Waals surface area contributed by atoms with Gasteiger partial charge in [0.2, 0.25) is 0 Å². The molecule has 1 aromatic rings.